The third kappa shape index (κ3) is 4.29. The van der Waals surface area contributed by atoms with Crippen molar-refractivity contribution < 1.29 is 15.7 Å². The number of hydrazine groups is 2. The van der Waals surface area contributed by atoms with Crippen LogP contribution in [-0.2, 0) is 11.8 Å². The molecule has 0 atom stereocenters. The normalized spacial score (nSPS) is 13.2. The second-order valence-corrected chi connectivity index (χ2v) is 8.59. The molecule has 0 unspecified atom stereocenters. The van der Waals surface area contributed by atoms with E-state index in [4.69, 9.17) is 9.47 Å². The monoisotopic (exact) mass is 491 g/mol. The highest BCUT2D eigenvalue weighted by atomic mass is 16.6. The van der Waals surface area contributed by atoms with Crippen molar-refractivity contribution in [3.05, 3.63) is 54.5 Å². The number of benzene rings is 1. The number of methoxy groups -OCH3 is 1. The number of carbonyl (C=O) groups is 1. The summed E-state index contributed by atoms with van der Waals surface area (Å²) in [6.07, 6.45) is 4.54. The third-order valence-corrected chi connectivity index (χ3v) is 5.63. The van der Waals surface area contributed by atoms with Gasteiger partial charge in [0.25, 0.3) is 0 Å². The van der Waals surface area contributed by atoms with Crippen LogP contribution in [0.4, 0.5) is 16.3 Å². The number of aromatic nitrogens is 4. The van der Waals surface area contributed by atoms with Crippen molar-refractivity contribution in [2.45, 2.75) is 20.0 Å². The molecule has 0 saturated heterocycles. The van der Waals surface area contributed by atoms with Crippen molar-refractivity contribution in [3.8, 4) is 17.0 Å². The number of hydrogen-bond donors (Lipinski definition) is 3. The molecule has 0 aliphatic carbocycles. The first-order valence-corrected chi connectivity index (χ1v) is 11.3. The van der Waals surface area contributed by atoms with E-state index in [1.54, 1.807) is 33.8 Å². The summed E-state index contributed by atoms with van der Waals surface area (Å²) in [4.78, 5) is 17.7. The van der Waals surface area contributed by atoms with Crippen LogP contribution in [0.25, 0.3) is 22.2 Å². The molecular formula is C24H29N9O3. The fraction of sp³-hybridized carbons (Fsp3) is 0.250. The van der Waals surface area contributed by atoms with Crippen LogP contribution in [0, 0.1) is 0 Å². The van der Waals surface area contributed by atoms with Gasteiger partial charge in [0.2, 0.25) is 0 Å². The van der Waals surface area contributed by atoms with Crippen molar-refractivity contribution in [2.24, 2.45) is 12.1 Å². The minimum absolute atomic E-state index is 0. The summed E-state index contributed by atoms with van der Waals surface area (Å²) >= 11 is 0. The number of fused-ring (bicyclic) bond motifs is 1. The van der Waals surface area contributed by atoms with Gasteiger partial charge < -0.3 is 14.8 Å². The van der Waals surface area contributed by atoms with Gasteiger partial charge in [-0.25, -0.2) is 19.9 Å². The molecular weight excluding hydrogens is 462 g/mol. The number of hydrazone groups is 1. The summed E-state index contributed by atoms with van der Waals surface area (Å²) in [7, 11) is 5.29. The lowest BCUT2D eigenvalue weighted by Crippen LogP contribution is -2.37. The van der Waals surface area contributed by atoms with E-state index < -0.39 is 6.09 Å². The maximum absolute atomic E-state index is 13.1. The Hall–Kier alpha value is -4.58. The Kier molecular flexibility index (Phi) is 5.94. The molecule has 0 bridgehead atoms. The predicted molar refractivity (Wildman–Crippen MR) is 138 cm³/mol. The van der Waals surface area contributed by atoms with E-state index in [0.717, 1.165) is 22.3 Å². The summed E-state index contributed by atoms with van der Waals surface area (Å²) < 4.78 is 14.4. The van der Waals surface area contributed by atoms with Crippen molar-refractivity contribution in [2.75, 3.05) is 19.5 Å². The number of pyridine rings is 1. The topological polar surface area (TPSA) is 123 Å². The van der Waals surface area contributed by atoms with Gasteiger partial charge in [-0.2, -0.15) is 5.10 Å². The zero-order chi connectivity index (χ0) is 25.4. The molecule has 3 N–H and O–H groups in total. The number of hydrogen-bond acceptors (Lipinski definition) is 10. The van der Waals surface area contributed by atoms with Gasteiger partial charge in [0, 0.05) is 50.5 Å². The molecule has 1 aliphatic rings. The van der Waals surface area contributed by atoms with E-state index in [9.17, 15) is 4.79 Å². The van der Waals surface area contributed by atoms with Gasteiger partial charge in [0.1, 0.15) is 11.6 Å². The van der Waals surface area contributed by atoms with Crippen LogP contribution < -0.4 is 21.1 Å². The SMILES string of the molecule is COc1cc(C2=NNNN2C)ccc1Nc1cc2c(cn1)cc(-c1cnn(C)c1)n2C(=O)OC(C)C.[HH]. The number of aryl methyl sites for hydroxylation is 1. The Morgan fingerprint density at radius 2 is 1.97 bits per heavy atom. The highest BCUT2D eigenvalue weighted by molar-refractivity contribution is 6.00. The van der Waals surface area contributed by atoms with E-state index in [-0.39, 0.29) is 7.53 Å². The van der Waals surface area contributed by atoms with Crippen LogP contribution >= 0.6 is 0 Å². The molecule has 0 fully saturated rings. The highest BCUT2D eigenvalue weighted by Crippen LogP contribution is 2.32. The quantitative estimate of drug-likeness (QED) is 0.372. The van der Waals surface area contributed by atoms with Crippen molar-refractivity contribution in [3.63, 3.8) is 0 Å². The molecule has 4 aromatic rings. The Labute approximate surface area is 208 Å². The van der Waals surface area contributed by atoms with Gasteiger partial charge in [-0.05, 0) is 38.1 Å². The number of anilines is 2. The standard InChI is InChI=1S/C24H27N9O3.H2/c1-14(2)36-24(34)33-19(17-12-26-31(3)13-17)8-16-11-25-22(10-20(16)33)27-18-7-6-15(9-21(18)35-5)23-28-29-30-32(23)4;/h6-14,29-30H,1-5H3,(H,25,27);1H. The molecule has 0 spiro atoms. The number of rotatable bonds is 6. The lowest BCUT2D eigenvalue weighted by molar-refractivity contribution is 0.118. The van der Waals surface area contributed by atoms with Gasteiger partial charge in [-0.1, -0.05) is 0 Å². The summed E-state index contributed by atoms with van der Waals surface area (Å²) in [5.41, 5.74) is 9.32. The molecule has 3 aromatic heterocycles. The zero-order valence-corrected chi connectivity index (χ0v) is 20.6. The molecule has 4 heterocycles. The lowest BCUT2D eigenvalue weighted by atomic mass is 10.1. The maximum atomic E-state index is 13.1. The van der Waals surface area contributed by atoms with Crippen LogP contribution in [0.5, 0.6) is 5.75 Å². The Morgan fingerprint density at radius 1 is 1.14 bits per heavy atom. The predicted octanol–water partition coefficient (Wildman–Crippen LogP) is 3.44. The molecule has 12 nitrogen and oxygen atoms in total. The van der Waals surface area contributed by atoms with Crippen LogP contribution in [-0.4, -0.2) is 56.5 Å². The average Bonchev–Trinajstić information content (AvgIpc) is 3.56. The van der Waals surface area contributed by atoms with Gasteiger partial charge in [0.15, 0.2) is 5.84 Å². The van der Waals surface area contributed by atoms with Gasteiger partial charge in [-0.15, -0.1) is 10.6 Å². The second kappa shape index (κ2) is 9.23. The molecule has 188 valence electrons. The fourth-order valence-corrected chi connectivity index (χ4v) is 4.00. The van der Waals surface area contributed by atoms with Crippen LogP contribution in [0.2, 0.25) is 0 Å². The molecule has 0 saturated carbocycles. The van der Waals surface area contributed by atoms with Crippen LogP contribution in [0.15, 0.2) is 54.0 Å². The first-order chi connectivity index (χ1) is 17.3. The first-order valence-electron chi connectivity index (χ1n) is 11.3. The minimum Gasteiger partial charge on any atom is -0.495 e. The maximum Gasteiger partial charge on any atom is 0.419 e. The number of nitrogens with one attached hydrogen (secondary N) is 3. The van der Waals surface area contributed by atoms with E-state index in [2.05, 4.69) is 31.6 Å². The van der Waals surface area contributed by atoms with E-state index in [1.807, 2.05) is 64.5 Å². The molecule has 1 aliphatic heterocycles. The summed E-state index contributed by atoms with van der Waals surface area (Å²) in [6.45, 7) is 3.64. The van der Waals surface area contributed by atoms with Crippen molar-refractivity contribution in [1.29, 1.82) is 0 Å². The molecule has 0 radical (unpaired) electrons. The molecule has 36 heavy (non-hydrogen) atoms. The smallest absolute Gasteiger partial charge is 0.419 e. The van der Waals surface area contributed by atoms with Gasteiger partial charge in [-0.3, -0.25) is 9.69 Å². The Balaban J connectivity index is 0.00000320. The summed E-state index contributed by atoms with van der Waals surface area (Å²) in [5, 5.41) is 14.3. The average molecular weight is 492 g/mol. The molecule has 12 heteroatoms. The molecule has 1 aromatic carbocycles. The Bertz CT molecular complexity index is 1480. The second-order valence-electron chi connectivity index (χ2n) is 8.59. The van der Waals surface area contributed by atoms with Crippen molar-refractivity contribution >= 4 is 34.3 Å². The highest BCUT2D eigenvalue weighted by Gasteiger charge is 2.21. The van der Waals surface area contributed by atoms with Crippen LogP contribution in [0.3, 0.4) is 0 Å². The van der Waals surface area contributed by atoms with Gasteiger partial charge >= 0.3 is 6.09 Å². The van der Waals surface area contributed by atoms with E-state index in [0.29, 0.717) is 28.5 Å². The molecule has 5 rings (SSSR count). The fourth-order valence-electron chi connectivity index (χ4n) is 4.00. The largest absolute Gasteiger partial charge is 0.495 e. The summed E-state index contributed by atoms with van der Waals surface area (Å²) in [5.74, 6) is 1.88. The van der Waals surface area contributed by atoms with Crippen LogP contribution in [0.1, 0.15) is 20.8 Å². The van der Waals surface area contributed by atoms with Crippen molar-refractivity contribution in [1.82, 2.24) is 35.4 Å². The number of carbonyl (C=O) groups excluding carboxylic acids is 1. The van der Waals surface area contributed by atoms with E-state index in [1.165, 1.54) is 0 Å². The van der Waals surface area contributed by atoms with E-state index >= 15 is 0 Å². The molecule has 0 amide bonds. The number of nitrogens with zero attached hydrogens (tertiary/aromatic N) is 6. The Morgan fingerprint density at radius 3 is 2.64 bits per heavy atom. The lowest BCUT2D eigenvalue weighted by Gasteiger charge is -2.15. The third-order valence-electron chi connectivity index (χ3n) is 5.63. The number of amidine groups is 1. The summed E-state index contributed by atoms with van der Waals surface area (Å²) in [6, 6.07) is 9.42. The van der Waals surface area contributed by atoms with Gasteiger partial charge in [0.05, 0.1) is 36.3 Å². The first kappa shape index (κ1) is 23.2. The number of ether oxygens (including phenoxy) is 2. The minimum atomic E-state index is -0.471. The zero-order valence-electron chi connectivity index (χ0n) is 20.6.